The van der Waals surface area contributed by atoms with E-state index in [1.165, 1.54) is 0 Å². The van der Waals surface area contributed by atoms with Gasteiger partial charge in [-0.25, -0.2) is 9.97 Å². The molecule has 7 heteroatoms. The summed E-state index contributed by atoms with van der Waals surface area (Å²) in [6.45, 7) is 0. The van der Waals surface area contributed by atoms with E-state index >= 15 is 0 Å². The summed E-state index contributed by atoms with van der Waals surface area (Å²) in [5.41, 5.74) is 6.59. The first-order chi connectivity index (χ1) is 17.8. The van der Waals surface area contributed by atoms with E-state index in [0.717, 1.165) is 44.4 Å². The molecule has 0 N–H and O–H groups in total. The minimum Gasteiger partial charge on any atom is -0.358 e. The number of hydrogen-bond donors (Lipinski definition) is 0. The Balaban J connectivity index is 0.00000252. The quantitative estimate of drug-likeness (QED) is 0.231. The predicted octanol–water partition coefficient (Wildman–Crippen LogP) is 5.45. The molecular formula is C30H16N6Pt. The molecule has 0 atom stereocenters. The topological polar surface area (TPSA) is 77.3 Å². The number of pyridine rings is 2. The van der Waals surface area contributed by atoms with E-state index < -0.39 is 0 Å². The second-order valence-corrected chi connectivity index (χ2v) is 8.37. The molecule has 37 heavy (non-hydrogen) atoms. The zero-order valence-electron chi connectivity index (χ0n) is 19.2. The second-order valence-electron chi connectivity index (χ2n) is 8.37. The molecule has 6 nitrogen and oxygen atoms in total. The van der Waals surface area contributed by atoms with Gasteiger partial charge in [0.2, 0.25) is 0 Å². The fraction of sp³-hybridized carbons (Fsp3) is 0. The average Bonchev–Trinajstić information content (AvgIpc) is 3.54. The van der Waals surface area contributed by atoms with E-state index in [1.807, 2.05) is 48.6 Å². The molecule has 2 aliphatic heterocycles. The number of nitrogens with zero attached hydrogens (tertiary/aromatic N) is 6. The zero-order chi connectivity index (χ0) is 23.9. The van der Waals surface area contributed by atoms with Gasteiger partial charge in [0.15, 0.2) is 0 Å². The number of benzene rings is 2. The van der Waals surface area contributed by atoms with Crippen molar-refractivity contribution in [2.24, 2.45) is 0 Å². The molecule has 2 aromatic carbocycles. The molecule has 3 aromatic heterocycles. The van der Waals surface area contributed by atoms with E-state index in [0.29, 0.717) is 22.7 Å². The van der Waals surface area contributed by atoms with Gasteiger partial charge in [-0.1, -0.05) is 73.1 Å². The monoisotopic (exact) mass is 655 g/mol. The number of hydrogen-bond acceptors (Lipinski definition) is 6. The third kappa shape index (κ3) is 4.37. The van der Waals surface area contributed by atoms with Gasteiger partial charge in [0.1, 0.15) is 11.6 Å². The van der Waals surface area contributed by atoms with Crippen LogP contribution in [-0.4, -0.2) is 29.9 Å². The van der Waals surface area contributed by atoms with Crippen LogP contribution in [0.5, 0.6) is 0 Å². The van der Waals surface area contributed by atoms with E-state index in [1.54, 1.807) is 24.8 Å². The van der Waals surface area contributed by atoms with Crippen molar-refractivity contribution < 1.29 is 21.1 Å². The normalized spacial score (nSPS) is 12.4. The van der Waals surface area contributed by atoms with Crippen LogP contribution in [0.2, 0.25) is 0 Å². The minimum atomic E-state index is 0. The Labute approximate surface area is 227 Å². The van der Waals surface area contributed by atoms with E-state index in [4.69, 9.17) is 19.9 Å². The number of fused-ring (bicyclic) bond motifs is 10. The summed E-state index contributed by atoms with van der Waals surface area (Å²) in [4.78, 5) is 28.1. The van der Waals surface area contributed by atoms with E-state index in [9.17, 15) is 0 Å². The van der Waals surface area contributed by atoms with Gasteiger partial charge in [0, 0.05) is 11.0 Å². The van der Waals surface area contributed by atoms with E-state index in [-0.39, 0.29) is 21.1 Å². The maximum absolute atomic E-state index is 4.84. The second kappa shape index (κ2) is 9.56. The van der Waals surface area contributed by atoms with Gasteiger partial charge < -0.3 is 9.97 Å². The van der Waals surface area contributed by atoms with Crippen LogP contribution in [-0.2, 0) is 21.1 Å². The first-order valence-corrected chi connectivity index (χ1v) is 11.5. The molecule has 0 saturated heterocycles. The molecule has 0 aliphatic carbocycles. The third-order valence-corrected chi connectivity index (χ3v) is 5.99. The summed E-state index contributed by atoms with van der Waals surface area (Å²) >= 11 is 0. The molecule has 8 bridgehead atoms. The summed E-state index contributed by atoms with van der Waals surface area (Å²) in [5.74, 6) is 1.12. The Morgan fingerprint density at radius 3 is 1.35 bits per heavy atom. The van der Waals surface area contributed by atoms with Crippen molar-refractivity contribution in [3.05, 3.63) is 132 Å². The van der Waals surface area contributed by atoms with Crippen LogP contribution in [0.1, 0.15) is 34.2 Å². The fourth-order valence-corrected chi connectivity index (χ4v) is 4.38. The first-order valence-electron chi connectivity index (χ1n) is 11.5. The minimum absolute atomic E-state index is 0. The maximum atomic E-state index is 4.84. The van der Waals surface area contributed by atoms with Gasteiger partial charge in [0.05, 0.1) is 0 Å². The number of rotatable bonds is 2. The summed E-state index contributed by atoms with van der Waals surface area (Å²) in [6, 6.07) is 26.9. The molecule has 5 aromatic rings. The SMILES string of the molecule is [Pt+2].[c-]1c2cncc1c1nc(nc3[c-]c(cnc3)c3nc(n2)C=C3c2ccccc2)C=C1c1ccccc1. The summed E-state index contributed by atoms with van der Waals surface area (Å²) in [6.07, 6.45) is 10.8. The Morgan fingerprint density at radius 2 is 0.919 bits per heavy atom. The Hall–Kier alpha value is -4.41. The molecule has 0 radical (unpaired) electrons. The van der Waals surface area contributed by atoms with Crippen LogP contribution in [0, 0.1) is 12.1 Å². The maximum Gasteiger partial charge on any atom is 2.00 e. The van der Waals surface area contributed by atoms with Gasteiger partial charge in [-0.3, -0.25) is 9.97 Å². The standard InChI is InChI=1S/C30H16N6.Pt/c1-3-7-19(8-4-1)25-13-27-33-24-12-22(16-32-18-24)30-26(20-9-5-2-6-10-20)14-28(36-30)34-23-11-21(15-31-17-23)29(25)35-27;/h1-10,13-18H;/q-2;+2. The van der Waals surface area contributed by atoms with Gasteiger partial charge in [-0.05, 0) is 58.2 Å². The predicted molar refractivity (Wildman–Crippen MR) is 139 cm³/mol. The number of aromatic nitrogens is 6. The Morgan fingerprint density at radius 1 is 0.486 bits per heavy atom. The summed E-state index contributed by atoms with van der Waals surface area (Å²) in [7, 11) is 0. The van der Waals surface area contributed by atoms with Crippen molar-refractivity contribution in [2.75, 3.05) is 0 Å². The first kappa shape index (κ1) is 23.0. The molecular weight excluding hydrogens is 639 g/mol. The van der Waals surface area contributed by atoms with Crippen LogP contribution < -0.4 is 0 Å². The van der Waals surface area contributed by atoms with Gasteiger partial charge in [-0.15, -0.1) is 22.9 Å². The van der Waals surface area contributed by atoms with Crippen molar-refractivity contribution in [1.29, 1.82) is 0 Å². The molecule has 0 amide bonds. The van der Waals surface area contributed by atoms with Crippen LogP contribution in [0.15, 0.2) is 85.5 Å². The van der Waals surface area contributed by atoms with Gasteiger partial charge >= 0.3 is 21.1 Å². The summed E-state index contributed by atoms with van der Waals surface area (Å²) < 4.78 is 0. The van der Waals surface area contributed by atoms with E-state index in [2.05, 4.69) is 46.4 Å². The van der Waals surface area contributed by atoms with Crippen molar-refractivity contribution in [2.45, 2.75) is 0 Å². The van der Waals surface area contributed by atoms with Crippen molar-refractivity contribution >= 4 is 45.1 Å². The molecule has 0 saturated carbocycles. The average molecular weight is 656 g/mol. The Kier molecular flexibility index (Phi) is 5.95. The molecule has 5 heterocycles. The molecule has 7 rings (SSSR count). The van der Waals surface area contributed by atoms with Gasteiger partial charge in [0.25, 0.3) is 0 Å². The van der Waals surface area contributed by atoms with Crippen molar-refractivity contribution in [1.82, 2.24) is 29.9 Å². The molecule has 0 spiro atoms. The molecule has 0 unspecified atom stereocenters. The third-order valence-electron chi connectivity index (χ3n) is 5.99. The van der Waals surface area contributed by atoms with Crippen LogP contribution in [0.25, 0.3) is 45.1 Å². The zero-order valence-corrected chi connectivity index (χ0v) is 21.5. The smallest absolute Gasteiger partial charge is 0.358 e. The van der Waals surface area contributed by atoms with Crippen LogP contribution in [0.4, 0.5) is 0 Å². The van der Waals surface area contributed by atoms with Crippen molar-refractivity contribution in [3.63, 3.8) is 0 Å². The summed E-state index contributed by atoms with van der Waals surface area (Å²) in [5, 5.41) is 1.47. The molecule has 2 aliphatic rings. The Bertz CT molecular complexity index is 1700. The van der Waals surface area contributed by atoms with Crippen LogP contribution in [0.3, 0.4) is 0 Å². The molecule has 0 fully saturated rings. The van der Waals surface area contributed by atoms with Crippen molar-refractivity contribution in [3.8, 4) is 0 Å². The largest absolute Gasteiger partial charge is 2.00 e. The fourth-order valence-electron chi connectivity index (χ4n) is 4.38. The van der Waals surface area contributed by atoms with Crippen LogP contribution >= 0.6 is 0 Å². The molecule has 176 valence electrons. The van der Waals surface area contributed by atoms with Gasteiger partial charge in [-0.2, -0.15) is 0 Å².